The molecule has 0 radical (unpaired) electrons. The van der Waals surface area contributed by atoms with E-state index in [1.807, 2.05) is 11.6 Å². The van der Waals surface area contributed by atoms with Gasteiger partial charge in [0.25, 0.3) is 5.56 Å². The van der Waals surface area contributed by atoms with Crippen LogP contribution in [0.5, 0.6) is 0 Å². The van der Waals surface area contributed by atoms with E-state index >= 15 is 0 Å². The van der Waals surface area contributed by atoms with Crippen molar-refractivity contribution in [3.05, 3.63) is 44.5 Å². The maximum atomic E-state index is 11.7. The Morgan fingerprint density at radius 1 is 1.33 bits per heavy atom. The first-order valence-corrected chi connectivity index (χ1v) is 6.72. The predicted molar refractivity (Wildman–Crippen MR) is 72.6 cm³/mol. The lowest BCUT2D eigenvalue weighted by atomic mass is 10.3. The third-order valence-electron chi connectivity index (χ3n) is 2.78. The van der Waals surface area contributed by atoms with E-state index in [4.69, 9.17) is 0 Å². The van der Waals surface area contributed by atoms with Crippen molar-refractivity contribution in [3.63, 3.8) is 0 Å². The molecule has 0 aliphatic rings. The van der Waals surface area contributed by atoms with E-state index in [2.05, 4.69) is 33.1 Å². The molecule has 0 aliphatic heterocycles. The molecule has 0 fully saturated rings. The average Bonchev–Trinajstić information content (AvgIpc) is 2.69. The Kier molecular flexibility index (Phi) is 3.96. The van der Waals surface area contributed by atoms with E-state index in [1.165, 1.54) is 10.7 Å². The van der Waals surface area contributed by atoms with E-state index in [-0.39, 0.29) is 5.56 Å². The molecule has 2 rings (SSSR count). The highest BCUT2D eigenvalue weighted by Crippen LogP contribution is 2.22. The molecule has 0 aliphatic carbocycles. The molecule has 0 N–H and O–H groups in total. The normalized spacial score (nSPS) is 10.8. The maximum absolute atomic E-state index is 11.7. The fourth-order valence-electron chi connectivity index (χ4n) is 1.82. The van der Waals surface area contributed by atoms with Crippen LogP contribution in [0.4, 0.5) is 0 Å². The number of aromatic nitrogens is 4. The van der Waals surface area contributed by atoms with Crippen molar-refractivity contribution in [3.8, 4) is 0 Å². The van der Waals surface area contributed by atoms with Crippen LogP contribution < -0.4 is 5.56 Å². The lowest BCUT2D eigenvalue weighted by Crippen LogP contribution is -2.23. The second kappa shape index (κ2) is 5.48. The monoisotopic (exact) mass is 310 g/mol. The minimum Gasteiger partial charge on any atom is -0.268 e. The minimum absolute atomic E-state index is 0.105. The summed E-state index contributed by atoms with van der Waals surface area (Å²) in [4.78, 5) is 11.7. The van der Waals surface area contributed by atoms with Crippen LogP contribution in [0.1, 0.15) is 25.2 Å². The highest BCUT2D eigenvalue weighted by Gasteiger charge is 2.14. The molecule has 96 valence electrons. The van der Waals surface area contributed by atoms with Crippen molar-refractivity contribution in [2.24, 2.45) is 0 Å². The Labute approximate surface area is 114 Å². The van der Waals surface area contributed by atoms with Crippen LogP contribution in [0.25, 0.3) is 0 Å². The molecule has 2 heterocycles. The van der Waals surface area contributed by atoms with Crippen molar-refractivity contribution >= 4 is 15.9 Å². The van der Waals surface area contributed by atoms with Gasteiger partial charge in [0.1, 0.15) is 0 Å². The quantitative estimate of drug-likeness (QED) is 0.865. The summed E-state index contributed by atoms with van der Waals surface area (Å²) in [6, 6.07) is 3.15. The zero-order valence-corrected chi connectivity index (χ0v) is 12.0. The lowest BCUT2D eigenvalue weighted by Gasteiger charge is -2.06. The Bertz CT molecular complexity index is 602. The van der Waals surface area contributed by atoms with Gasteiger partial charge in [-0.3, -0.25) is 9.48 Å². The molecule has 6 heteroatoms. The fourth-order valence-corrected chi connectivity index (χ4v) is 2.51. The van der Waals surface area contributed by atoms with Crippen LogP contribution in [-0.4, -0.2) is 19.6 Å². The molecule has 0 aromatic carbocycles. The fraction of sp³-hybridized carbons (Fsp3) is 0.417. The first kappa shape index (κ1) is 13.0. The Morgan fingerprint density at radius 3 is 2.72 bits per heavy atom. The van der Waals surface area contributed by atoms with Gasteiger partial charge in [-0.1, -0.05) is 6.92 Å². The summed E-state index contributed by atoms with van der Waals surface area (Å²) in [7, 11) is 0. The van der Waals surface area contributed by atoms with E-state index < -0.39 is 0 Å². The number of nitrogens with zero attached hydrogens (tertiary/aromatic N) is 4. The predicted octanol–water partition coefficient (Wildman–Crippen LogP) is 1.83. The second-order valence-electron chi connectivity index (χ2n) is 3.90. The summed E-state index contributed by atoms with van der Waals surface area (Å²) in [6.07, 6.45) is 2.47. The molecule has 0 unspecified atom stereocenters. The molecule has 0 bridgehead atoms. The Morgan fingerprint density at radius 2 is 2.11 bits per heavy atom. The first-order chi connectivity index (χ1) is 8.67. The average molecular weight is 311 g/mol. The van der Waals surface area contributed by atoms with Crippen LogP contribution in [0, 0.1) is 0 Å². The van der Waals surface area contributed by atoms with E-state index in [9.17, 15) is 4.79 Å². The molecule has 0 spiro atoms. The van der Waals surface area contributed by atoms with Crippen molar-refractivity contribution in [1.82, 2.24) is 19.6 Å². The van der Waals surface area contributed by atoms with Gasteiger partial charge in [-0.05, 0) is 35.3 Å². The summed E-state index contributed by atoms with van der Waals surface area (Å²) < 4.78 is 4.32. The van der Waals surface area contributed by atoms with Gasteiger partial charge in [0, 0.05) is 18.8 Å². The van der Waals surface area contributed by atoms with Gasteiger partial charge in [0.2, 0.25) is 0 Å². The second-order valence-corrected chi connectivity index (χ2v) is 4.69. The maximum Gasteiger partial charge on any atom is 0.267 e. The van der Waals surface area contributed by atoms with E-state index in [0.29, 0.717) is 6.54 Å². The topological polar surface area (TPSA) is 52.7 Å². The zero-order chi connectivity index (χ0) is 13.1. The van der Waals surface area contributed by atoms with Crippen LogP contribution in [-0.2, 0) is 19.5 Å². The number of halogens is 1. The molecule has 18 heavy (non-hydrogen) atoms. The SMILES string of the molecule is CCc1nn(CC)c(Cn2ncccc2=O)c1Br. The number of hydrogen-bond acceptors (Lipinski definition) is 3. The molecule has 0 atom stereocenters. The first-order valence-electron chi connectivity index (χ1n) is 5.93. The van der Waals surface area contributed by atoms with Crippen molar-refractivity contribution in [2.75, 3.05) is 0 Å². The Hall–Kier alpha value is -1.43. The van der Waals surface area contributed by atoms with Crippen LogP contribution in [0.15, 0.2) is 27.6 Å². The largest absolute Gasteiger partial charge is 0.268 e. The van der Waals surface area contributed by atoms with Gasteiger partial charge < -0.3 is 0 Å². The molecular weight excluding hydrogens is 296 g/mol. The highest BCUT2D eigenvalue weighted by molar-refractivity contribution is 9.10. The highest BCUT2D eigenvalue weighted by atomic mass is 79.9. The van der Waals surface area contributed by atoms with Crippen LogP contribution in [0.3, 0.4) is 0 Å². The third-order valence-corrected chi connectivity index (χ3v) is 3.69. The van der Waals surface area contributed by atoms with E-state index in [1.54, 1.807) is 12.3 Å². The number of aryl methyl sites for hydroxylation is 2. The zero-order valence-electron chi connectivity index (χ0n) is 10.4. The molecular formula is C12H15BrN4O. The van der Waals surface area contributed by atoms with Crippen LogP contribution in [0.2, 0.25) is 0 Å². The molecule has 0 amide bonds. The molecule has 0 saturated heterocycles. The van der Waals surface area contributed by atoms with Crippen molar-refractivity contribution < 1.29 is 0 Å². The van der Waals surface area contributed by atoms with Crippen molar-refractivity contribution in [2.45, 2.75) is 33.4 Å². The summed E-state index contributed by atoms with van der Waals surface area (Å²) in [5, 5.41) is 8.57. The smallest absolute Gasteiger partial charge is 0.267 e. The Balaban J connectivity index is 2.43. The molecule has 2 aromatic heterocycles. The third kappa shape index (κ3) is 2.38. The summed E-state index contributed by atoms with van der Waals surface area (Å²) >= 11 is 3.56. The summed E-state index contributed by atoms with van der Waals surface area (Å²) in [6.45, 7) is 5.30. The van der Waals surface area contributed by atoms with Gasteiger partial charge in [-0.2, -0.15) is 10.2 Å². The standard InChI is InChI=1S/C12H15BrN4O/c1-3-9-12(13)10(16(4-2)15-9)8-17-11(18)6-5-7-14-17/h5-7H,3-4,8H2,1-2H3. The minimum atomic E-state index is -0.105. The van der Waals surface area contributed by atoms with Gasteiger partial charge in [-0.25, -0.2) is 4.68 Å². The molecule has 5 nitrogen and oxygen atoms in total. The molecule has 0 saturated carbocycles. The number of rotatable bonds is 4. The van der Waals surface area contributed by atoms with E-state index in [0.717, 1.165) is 28.8 Å². The van der Waals surface area contributed by atoms with Gasteiger partial charge >= 0.3 is 0 Å². The molecule has 2 aromatic rings. The van der Waals surface area contributed by atoms with Gasteiger partial charge in [0.05, 0.1) is 22.4 Å². The summed E-state index contributed by atoms with van der Waals surface area (Å²) in [5.41, 5.74) is 1.89. The summed E-state index contributed by atoms with van der Waals surface area (Å²) in [5.74, 6) is 0. The lowest BCUT2D eigenvalue weighted by molar-refractivity contribution is 0.557. The van der Waals surface area contributed by atoms with Crippen LogP contribution >= 0.6 is 15.9 Å². The van der Waals surface area contributed by atoms with Gasteiger partial charge in [0.15, 0.2) is 0 Å². The van der Waals surface area contributed by atoms with Gasteiger partial charge in [-0.15, -0.1) is 0 Å². The van der Waals surface area contributed by atoms with Crippen molar-refractivity contribution in [1.29, 1.82) is 0 Å². The number of hydrogen-bond donors (Lipinski definition) is 0.